The van der Waals surface area contributed by atoms with Crippen molar-refractivity contribution in [2.45, 2.75) is 64.5 Å². The van der Waals surface area contributed by atoms with Gasteiger partial charge in [-0.05, 0) is 33.6 Å². The zero-order chi connectivity index (χ0) is 12.6. The number of hydrogen-bond acceptors (Lipinski definition) is 3. The molecular formula is C12H26N2O2. The Kier molecular flexibility index (Phi) is 7.13. The lowest BCUT2D eigenvalue weighted by Gasteiger charge is -2.18. The van der Waals surface area contributed by atoms with Crippen LogP contribution in [0.15, 0.2) is 0 Å². The number of nitrogens with two attached hydrogens (primary N) is 1. The third kappa shape index (κ3) is 9.77. The molecule has 4 heteroatoms. The summed E-state index contributed by atoms with van der Waals surface area (Å²) < 4.78 is 4.84. The van der Waals surface area contributed by atoms with Crippen LogP contribution in [-0.2, 0) is 4.74 Å². The van der Waals surface area contributed by atoms with Crippen LogP contribution >= 0.6 is 0 Å². The summed E-state index contributed by atoms with van der Waals surface area (Å²) in [6.45, 7) is 5.46. The fourth-order valence-electron chi connectivity index (χ4n) is 1.46. The van der Waals surface area contributed by atoms with Gasteiger partial charge in [-0.1, -0.05) is 19.3 Å². The van der Waals surface area contributed by atoms with Crippen molar-refractivity contribution in [3.63, 3.8) is 0 Å². The van der Waals surface area contributed by atoms with E-state index in [1.807, 2.05) is 20.8 Å². The first kappa shape index (κ1) is 15.2. The molecule has 0 radical (unpaired) electrons. The van der Waals surface area contributed by atoms with Crippen LogP contribution in [0.3, 0.4) is 0 Å². The Bertz CT molecular complexity index is 194. The molecule has 1 aliphatic rings. The molecule has 0 bridgehead atoms. The van der Waals surface area contributed by atoms with E-state index in [1.54, 1.807) is 0 Å². The number of carbonyl (C=O) groups excluding carboxylic acids is 1. The van der Waals surface area contributed by atoms with E-state index in [4.69, 9.17) is 10.5 Å². The van der Waals surface area contributed by atoms with Crippen molar-refractivity contribution in [3.05, 3.63) is 0 Å². The molecule has 1 fully saturated rings. The monoisotopic (exact) mass is 230 g/mol. The number of carbonyl (C=O) groups is 1. The highest BCUT2D eigenvalue weighted by Gasteiger charge is 2.13. The van der Waals surface area contributed by atoms with E-state index >= 15 is 0 Å². The van der Waals surface area contributed by atoms with Gasteiger partial charge in [0.1, 0.15) is 5.60 Å². The molecule has 96 valence electrons. The Morgan fingerprint density at radius 2 is 1.75 bits per heavy atom. The third-order valence-electron chi connectivity index (χ3n) is 2.25. The lowest BCUT2D eigenvalue weighted by atomic mass is 9.97. The van der Waals surface area contributed by atoms with E-state index in [0.29, 0.717) is 6.04 Å². The lowest BCUT2D eigenvalue weighted by Crippen LogP contribution is -2.30. The summed E-state index contributed by atoms with van der Waals surface area (Å²) in [6, 6.07) is 0.536. The zero-order valence-corrected chi connectivity index (χ0v) is 11.0. The van der Waals surface area contributed by atoms with Crippen LogP contribution in [0.4, 0.5) is 4.79 Å². The second-order valence-electron chi connectivity index (χ2n) is 5.15. The van der Waals surface area contributed by atoms with E-state index < -0.39 is 0 Å². The molecule has 1 aliphatic carbocycles. The van der Waals surface area contributed by atoms with Crippen LogP contribution < -0.4 is 11.1 Å². The summed E-state index contributed by atoms with van der Waals surface area (Å²) in [4.78, 5) is 10.5. The van der Waals surface area contributed by atoms with Gasteiger partial charge >= 0.3 is 6.09 Å². The minimum atomic E-state index is -0.389. The van der Waals surface area contributed by atoms with E-state index in [9.17, 15) is 4.79 Å². The van der Waals surface area contributed by atoms with Gasteiger partial charge in [0, 0.05) is 13.1 Å². The highest BCUT2D eigenvalue weighted by molar-refractivity contribution is 5.67. The Hall–Kier alpha value is -0.770. The Morgan fingerprint density at radius 3 is 1.94 bits per heavy atom. The predicted octanol–water partition coefficient (Wildman–Crippen LogP) is 2.42. The second kappa shape index (κ2) is 7.49. The van der Waals surface area contributed by atoms with Crippen molar-refractivity contribution in [1.29, 1.82) is 0 Å². The molecule has 1 amide bonds. The number of amides is 1. The molecule has 0 saturated heterocycles. The molecule has 0 spiro atoms. The molecule has 0 heterocycles. The Labute approximate surface area is 98.9 Å². The maximum absolute atomic E-state index is 10.5. The third-order valence-corrected chi connectivity index (χ3v) is 2.25. The molecule has 1 rings (SSSR count). The van der Waals surface area contributed by atoms with Gasteiger partial charge in [-0.25, -0.2) is 4.79 Å². The summed E-state index contributed by atoms with van der Waals surface area (Å²) in [5, 5.41) is 2.36. The maximum atomic E-state index is 10.5. The molecule has 3 N–H and O–H groups in total. The highest BCUT2D eigenvalue weighted by atomic mass is 16.6. The van der Waals surface area contributed by atoms with Crippen LogP contribution in [0, 0.1) is 0 Å². The van der Waals surface area contributed by atoms with Gasteiger partial charge in [0.15, 0.2) is 0 Å². The molecule has 0 aromatic heterocycles. The minimum absolute atomic E-state index is 0.387. The van der Waals surface area contributed by atoms with Gasteiger partial charge in [-0.2, -0.15) is 0 Å². The molecule has 16 heavy (non-hydrogen) atoms. The largest absolute Gasteiger partial charge is 0.444 e. The number of ether oxygens (including phenoxy) is 1. The first-order valence-electron chi connectivity index (χ1n) is 6.01. The first-order valence-corrected chi connectivity index (χ1v) is 6.01. The average Bonchev–Trinajstić information content (AvgIpc) is 2.17. The van der Waals surface area contributed by atoms with Crippen LogP contribution in [0.5, 0.6) is 0 Å². The quantitative estimate of drug-likeness (QED) is 0.671. The fourth-order valence-corrected chi connectivity index (χ4v) is 1.46. The Balaban J connectivity index is 0.000000288. The van der Waals surface area contributed by atoms with Crippen LogP contribution in [0.2, 0.25) is 0 Å². The van der Waals surface area contributed by atoms with Gasteiger partial charge in [-0.15, -0.1) is 0 Å². The normalized spacial score (nSPS) is 17.1. The lowest BCUT2D eigenvalue weighted by molar-refractivity contribution is 0.0541. The van der Waals surface area contributed by atoms with Crippen LogP contribution in [0.25, 0.3) is 0 Å². The van der Waals surface area contributed by atoms with Gasteiger partial charge < -0.3 is 15.8 Å². The number of hydrogen-bond donors (Lipinski definition) is 2. The van der Waals surface area contributed by atoms with Gasteiger partial charge in [0.2, 0.25) is 0 Å². The minimum Gasteiger partial charge on any atom is -0.444 e. The van der Waals surface area contributed by atoms with Crippen molar-refractivity contribution >= 4 is 6.09 Å². The smallest absolute Gasteiger partial charge is 0.407 e. The molecule has 0 aliphatic heterocycles. The van der Waals surface area contributed by atoms with Gasteiger partial charge in [0.25, 0.3) is 0 Å². The van der Waals surface area contributed by atoms with Crippen molar-refractivity contribution in [3.8, 4) is 0 Å². The molecule has 0 aromatic rings. The summed E-state index contributed by atoms with van der Waals surface area (Å²) in [5.74, 6) is 0. The Morgan fingerprint density at radius 1 is 1.25 bits per heavy atom. The summed E-state index contributed by atoms with van der Waals surface area (Å²) in [5.41, 5.74) is 5.25. The molecule has 0 unspecified atom stereocenters. The number of alkyl carbamates (subject to hydrolysis) is 1. The SMILES string of the molecule is CNC(=O)OC(C)(C)C.NC1CCCCC1. The molecule has 0 aromatic carbocycles. The van der Waals surface area contributed by atoms with E-state index in [2.05, 4.69) is 5.32 Å². The van der Waals surface area contributed by atoms with Crippen molar-refractivity contribution < 1.29 is 9.53 Å². The maximum Gasteiger partial charge on any atom is 0.407 e. The average molecular weight is 230 g/mol. The summed E-state index contributed by atoms with van der Waals surface area (Å²) >= 11 is 0. The number of nitrogens with one attached hydrogen (secondary N) is 1. The molecular weight excluding hydrogens is 204 g/mol. The molecule has 0 atom stereocenters. The topological polar surface area (TPSA) is 64.3 Å². The van der Waals surface area contributed by atoms with Gasteiger partial charge in [-0.3, -0.25) is 0 Å². The number of rotatable bonds is 0. The van der Waals surface area contributed by atoms with E-state index in [0.717, 1.165) is 0 Å². The standard InChI is InChI=1S/C6H13NO2.C6H13N/c1-6(2,3)9-5(8)7-4;7-6-4-2-1-3-5-6/h1-4H3,(H,7,8);6H,1-5,7H2. The van der Waals surface area contributed by atoms with E-state index in [-0.39, 0.29) is 11.7 Å². The van der Waals surface area contributed by atoms with Crippen LogP contribution in [-0.4, -0.2) is 24.8 Å². The second-order valence-corrected chi connectivity index (χ2v) is 5.15. The van der Waals surface area contributed by atoms with Crippen molar-refractivity contribution in [2.24, 2.45) is 5.73 Å². The summed E-state index contributed by atoms with van der Waals surface area (Å²) in [7, 11) is 1.54. The molecule has 4 nitrogen and oxygen atoms in total. The fraction of sp³-hybridized carbons (Fsp3) is 0.917. The van der Waals surface area contributed by atoms with Crippen molar-refractivity contribution in [2.75, 3.05) is 7.05 Å². The van der Waals surface area contributed by atoms with Gasteiger partial charge in [0.05, 0.1) is 0 Å². The predicted molar refractivity (Wildman–Crippen MR) is 66.4 cm³/mol. The first-order chi connectivity index (χ1) is 7.35. The van der Waals surface area contributed by atoms with Crippen molar-refractivity contribution in [1.82, 2.24) is 5.32 Å². The molecule has 1 saturated carbocycles. The van der Waals surface area contributed by atoms with E-state index in [1.165, 1.54) is 39.2 Å². The summed E-state index contributed by atoms with van der Waals surface area (Å²) in [6.07, 6.45) is 6.28. The highest BCUT2D eigenvalue weighted by Crippen LogP contribution is 2.14. The van der Waals surface area contributed by atoms with Crippen LogP contribution in [0.1, 0.15) is 52.9 Å². The zero-order valence-electron chi connectivity index (χ0n) is 11.0.